The summed E-state index contributed by atoms with van der Waals surface area (Å²) >= 11 is 1.31. The van der Waals surface area contributed by atoms with Crippen LogP contribution in [0.3, 0.4) is 0 Å². The number of hydrogen-bond donors (Lipinski definition) is 1. The molecule has 1 unspecified atom stereocenters. The van der Waals surface area contributed by atoms with Crippen molar-refractivity contribution in [3.8, 4) is 5.69 Å². The fourth-order valence-corrected chi connectivity index (χ4v) is 5.20. The Kier molecular flexibility index (Phi) is 6.36. The number of aromatic nitrogens is 4. The molecule has 0 aliphatic heterocycles. The van der Waals surface area contributed by atoms with E-state index < -0.39 is 5.25 Å². The van der Waals surface area contributed by atoms with E-state index in [1.54, 1.807) is 10.6 Å². The Morgan fingerprint density at radius 3 is 2.39 bits per heavy atom. The Labute approximate surface area is 213 Å². The molecule has 0 aliphatic carbocycles. The van der Waals surface area contributed by atoms with Gasteiger partial charge in [0, 0.05) is 5.69 Å². The van der Waals surface area contributed by atoms with Gasteiger partial charge in [-0.2, -0.15) is 0 Å². The van der Waals surface area contributed by atoms with Gasteiger partial charge >= 0.3 is 0 Å². The van der Waals surface area contributed by atoms with E-state index in [-0.39, 0.29) is 17.4 Å². The highest BCUT2D eigenvalue weighted by Gasteiger charge is 2.23. The lowest BCUT2D eigenvalue weighted by Gasteiger charge is -2.16. The zero-order valence-corrected chi connectivity index (χ0v) is 21.4. The van der Waals surface area contributed by atoms with Crippen molar-refractivity contribution in [3.63, 3.8) is 0 Å². The topological polar surface area (TPSA) is 81.3 Å². The normalized spacial score (nSPS) is 12.4. The van der Waals surface area contributed by atoms with Crippen LogP contribution in [-0.4, -0.2) is 30.3 Å². The van der Waals surface area contributed by atoms with Crippen LogP contribution in [0.15, 0.2) is 82.7 Å². The summed E-state index contributed by atoms with van der Waals surface area (Å²) in [5.41, 5.74) is 4.14. The van der Waals surface area contributed by atoms with Crippen molar-refractivity contribution < 1.29 is 4.79 Å². The molecule has 7 nitrogen and oxygen atoms in total. The Morgan fingerprint density at radius 1 is 0.917 bits per heavy atom. The first-order chi connectivity index (χ1) is 17.4. The van der Waals surface area contributed by atoms with Gasteiger partial charge in [-0.05, 0) is 55.2 Å². The van der Waals surface area contributed by atoms with Crippen LogP contribution in [0.1, 0.15) is 37.8 Å². The van der Waals surface area contributed by atoms with Crippen LogP contribution in [0.5, 0.6) is 0 Å². The van der Waals surface area contributed by atoms with E-state index in [1.165, 1.54) is 11.8 Å². The van der Waals surface area contributed by atoms with Gasteiger partial charge in [0.25, 0.3) is 5.56 Å². The highest BCUT2D eigenvalue weighted by molar-refractivity contribution is 8.00. The molecule has 1 N–H and O–H groups in total. The maximum Gasteiger partial charge on any atom is 0.267 e. The van der Waals surface area contributed by atoms with Crippen molar-refractivity contribution in [1.82, 2.24) is 19.2 Å². The van der Waals surface area contributed by atoms with Crippen molar-refractivity contribution in [2.24, 2.45) is 0 Å². The summed E-state index contributed by atoms with van der Waals surface area (Å²) in [5.74, 6) is 0.573. The summed E-state index contributed by atoms with van der Waals surface area (Å²) in [6, 6.07) is 22.9. The molecule has 182 valence electrons. The number of thioether (sulfide) groups is 1. The van der Waals surface area contributed by atoms with Crippen LogP contribution in [0.4, 0.5) is 5.69 Å². The summed E-state index contributed by atoms with van der Waals surface area (Å²) in [7, 11) is 0. The number of benzene rings is 3. The molecule has 0 fully saturated rings. The molecular formula is C28H27N5O2S. The fourth-order valence-electron chi connectivity index (χ4n) is 4.35. The van der Waals surface area contributed by atoms with Gasteiger partial charge < -0.3 is 5.32 Å². The molecule has 5 rings (SSSR count). The highest BCUT2D eigenvalue weighted by atomic mass is 32.2. The average molecular weight is 498 g/mol. The first kappa shape index (κ1) is 23.8. The highest BCUT2D eigenvalue weighted by Crippen LogP contribution is 2.29. The van der Waals surface area contributed by atoms with Gasteiger partial charge in [-0.3, -0.25) is 14.0 Å². The van der Waals surface area contributed by atoms with E-state index in [9.17, 15) is 9.59 Å². The van der Waals surface area contributed by atoms with Gasteiger partial charge in [0.05, 0.1) is 21.8 Å². The fraction of sp³-hybridized carbons (Fsp3) is 0.214. The minimum absolute atomic E-state index is 0.124. The van der Waals surface area contributed by atoms with Gasteiger partial charge in [0.2, 0.25) is 11.7 Å². The number of hydrogen-bond acceptors (Lipinski definition) is 5. The van der Waals surface area contributed by atoms with E-state index >= 15 is 0 Å². The zero-order valence-electron chi connectivity index (χ0n) is 20.6. The van der Waals surface area contributed by atoms with Gasteiger partial charge in [-0.1, -0.05) is 74.1 Å². The molecule has 0 aliphatic rings. The molecule has 2 aromatic heterocycles. The quantitative estimate of drug-likeness (QED) is 0.310. The number of amides is 1. The molecular weight excluding hydrogens is 470 g/mol. The predicted molar refractivity (Wildman–Crippen MR) is 145 cm³/mol. The number of carbonyl (C=O) groups excluding carboxylic acids is 1. The van der Waals surface area contributed by atoms with E-state index in [1.807, 2.05) is 85.0 Å². The smallest absolute Gasteiger partial charge is 0.267 e. The number of nitrogens with zero attached hydrogens (tertiary/aromatic N) is 4. The van der Waals surface area contributed by atoms with Crippen LogP contribution in [0.2, 0.25) is 0 Å². The molecule has 0 bridgehead atoms. The number of nitrogens with one attached hydrogen (secondary N) is 1. The number of carbonyl (C=O) groups is 1. The molecule has 2 heterocycles. The molecule has 1 atom stereocenters. The van der Waals surface area contributed by atoms with Gasteiger partial charge in [0.15, 0.2) is 5.16 Å². The van der Waals surface area contributed by atoms with Crippen LogP contribution in [0.25, 0.3) is 22.4 Å². The second kappa shape index (κ2) is 9.62. The van der Waals surface area contributed by atoms with Crippen LogP contribution >= 0.6 is 11.8 Å². The molecule has 3 aromatic carbocycles. The molecule has 0 saturated heterocycles. The van der Waals surface area contributed by atoms with Crippen molar-refractivity contribution in [2.75, 3.05) is 5.32 Å². The number of aryl methyl sites for hydroxylation is 1. The minimum Gasteiger partial charge on any atom is -0.325 e. The number of para-hydroxylation sites is 3. The first-order valence-corrected chi connectivity index (χ1v) is 12.8. The largest absolute Gasteiger partial charge is 0.325 e. The summed E-state index contributed by atoms with van der Waals surface area (Å²) in [6.07, 6.45) is 0. The third-order valence-corrected chi connectivity index (χ3v) is 7.29. The second-order valence-corrected chi connectivity index (χ2v) is 10.4. The number of anilines is 1. The van der Waals surface area contributed by atoms with E-state index in [0.717, 1.165) is 22.5 Å². The summed E-state index contributed by atoms with van der Waals surface area (Å²) < 4.78 is 3.46. The van der Waals surface area contributed by atoms with Crippen LogP contribution in [0, 0.1) is 6.92 Å². The van der Waals surface area contributed by atoms with Crippen LogP contribution in [-0.2, 0) is 4.79 Å². The summed E-state index contributed by atoms with van der Waals surface area (Å²) in [4.78, 5) is 26.7. The molecule has 8 heteroatoms. The molecule has 0 saturated carbocycles. The summed E-state index contributed by atoms with van der Waals surface area (Å²) in [6.45, 7) is 8.01. The SMILES string of the molecule is Cc1ccccc1-n1c(=O)c2ccccc2n2c(SC(C)C(=O)Nc3ccccc3C(C)C)nnc12. The number of rotatable bonds is 6. The lowest BCUT2D eigenvalue weighted by molar-refractivity contribution is -0.115. The van der Waals surface area contributed by atoms with Gasteiger partial charge in [-0.15, -0.1) is 10.2 Å². The standard InChI is InChI=1S/C28H27N5O2S/c1-17(2)20-12-6-8-14-22(20)29-25(34)19(4)36-28-31-30-27-32(23-15-9-5-11-18(23)3)26(35)21-13-7-10-16-24(21)33(27)28/h5-17,19H,1-4H3,(H,29,34). The van der Waals surface area contributed by atoms with E-state index in [2.05, 4.69) is 29.4 Å². The van der Waals surface area contributed by atoms with Crippen LogP contribution < -0.4 is 10.9 Å². The second-order valence-electron chi connectivity index (χ2n) is 9.05. The third-order valence-electron chi connectivity index (χ3n) is 6.24. The molecule has 0 radical (unpaired) electrons. The predicted octanol–water partition coefficient (Wildman–Crippen LogP) is 5.58. The van der Waals surface area contributed by atoms with Crippen molar-refractivity contribution >= 4 is 40.0 Å². The maximum atomic E-state index is 13.5. The maximum absolute atomic E-state index is 13.5. The van der Waals surface area contributed by atoms with Gasteiger partial charge in [0.1, 0.15) is 0 Å². The number of fused-ring (bicyclic) bond motifs is 3. The lowest BCUT2D eigenvalue weighted by Crippen LogP contribution is -2.24. The van der Waals surface area contributed by atoms with E-state index in [0.29, 0.717) is 21.8 Å². The third kappa shape index (κ3) is 4.18. The minimum atomic E-state index is -0.449. The van der Waals surface area contributed by atoms with Gasteiger partial charge in [-0.25, -0.2) is 4.57 Å². The lowest BCUT2D eigenvalue weighted by atomic mass is 10.0. The molecule has 36 heavy (non-hydrogen) atoms. The monoisotopic (exact) mass is 497 g/mol. The average Bonchev–Trinajstić information content (AvgIpc) is 3.28. The van der Waals surface area contributed by atoms with Crippen molar-refractivity contribution in [1.29, 1.82) is 0 Å². The first-order valence-electron chi connectivity index (χ1n) is 11.9. The van der Waals surface area contributed by atoms with Crippen molar-refractivity contribution in [3.05, 3.63) is 94.3 Å². The Hall–Kier alpha value is -3.91. The zero-order chi connectivity index (χ0) is 25.4. The van der Waals surface area contributed by atoms with Crippen molar-refractivity contribution in [2.45, 2.75) is 44.0 Å². The molecule has 5 aromatic rings. The Bertz CT molecular complexity index is 1650. The molecule has 1 amide bonds. The summed E-state index contributed by atoms with van der Waals surface area (Å²) in [5, 5.41) is 12.5. The Balaban J connectivity index is 1.57. The van der Waals surface area contributed by atoms with E-state index in [4.69, 9.17) is 0 Å². The molecule has 0 spiro atoms. The Morgan fingerprint density at radius 2 is 1.61 bits per heavy atom.